The average molecular weight is 301 g/mol. The first-order chi connectivity index (χ1) is 10.2. The second-order valence-electron chi connectivity index (χ2n) is 5.13. The molecule has 1 heterocycles. The Morgan fingerprint density at radius 1 is 1.29 bits per heavy atom. The van der Waals surface area contributed by atoms with Crippen molar-refractivity contribution in [1.82, 2.24) is 9.13 Å². The Labute approximate surface area is 128 Å². The molecule has 0 spiro atoms. The summed E-state index contributed by atoms with van der Waals surface area (Å²) in [5, 5.41) is 0. The standard InChI is InChI=1S/C17H17ClN2O/c1-2-17(10-6-3-7-11-17)20-15-9-5-4-8-14(15)19(13-12-18)16(20)21/h2-10H,1,11-13H2. The second kappa shape index (κ2) is 5.41. The molecule has 0 fully saturated rings. The monoisotopic (exact) mass is 300 g/mol. The van der Waals surface area contributed by atoms with Gasteiger partial charge in [-0.15, -0.1) is 18.2 Å². The maximum atomic E-state index is 12.9. The maximum absolute atomic E-state index is 12.9. The van der Waals surface area contributed by atoms with Gasteiger partial charge in [0.1, 0.15) is 0 Å². The van der Waals surface area contributed by atoms with Crippen molar-refractivity contribution in [3.8, 4) is 0 Å². The normalized spacial score (nSPS) is 21.0. The number of para-hydroxylation sites is 2. The van der Waals surface area contributed by atoms with Gasteiger partial charge in [-0.05, 0) is 18.6 Å². The van der Waals surface area contributed by atoms with Gasteiger partial charge in [-0.1, -0.05) is 42.5 Å². The summed E-state index contributed by atoms with van der Waals surface area (Å²) < 4.78 is 3.56. The Balaban J connectivity index is 2.35. The minimum Gasteiger partial charge on any atom is -0.291 e. The number of alkyl halides is 1. The first-order valence-corrected chi connectivity index (χ1v) is 7.51. The van der Waals surface area contributed by atoms with Crippen molar-refractivity contribution in [2.24, 2.45) is 0 Å². The number of nitrogens with zero attached hydrogens (tertiary/aromatic N) is 2. The summed E-state index contributed by atoms with van der Waals surface area (Å²) >= 11 is 5.86. The minimum atomic E-state index is -0.511. The van der Waals surface area contributed by atoms with E-state index >= 15 is 0 Å². The van der Waals surface area contributed by atoms with Crippen LogP contribution in [0.4, 0.5) is 0 Å². The van der Waals surface area contributed by atoms with Crippen LogP contribution in [-0.4, -0.2) is 15.0 Å². The molecule has 0 saturated heterocycles. The lowest BCUT2D eigenvalue weighted by molar-refractivity contribution is 0.458. The molecule has 3 rings (SSSR count). The summed E-state index contributed by atoms with van der Waals surface area (Å²) in [5.41, 5.74) is 1.26. The van der Waals surface area contributed by atoms with Crippen LogP contribution < -0.4 is 5.69 Å². The molecule has 0 bridgehead atoms. The molecular formula is C17H17ClN2O. The van der Waals surface area contributed by atoms with Crippen LogP contribution in [0.2, 0.25) is 0 Å². The highest BCUT2D eigenvalue weighted by molar-refractivity contribution is 6.17. The van der Waals surface area contributed by atoms with Gasteiger partial charge in [-0.3, -0.25) is 9.13 Å². The molecule has 1 aliphatic carbocycles. The number of allylic oxidation sites excluding steroid dienone is 5. The van der Waals surface area contributed by atoms with Crippen molar-refractivity contribution in [2.75, 3.05) is 5.88 Å². The van der Waals surface area contributed by atoms with Gasteiger partial charge < -0.3 is 0 Å². The summed E-state index contributed by atoms with van der Waals surface area (Å²) in [6.07, 6.45) is 10.6. The van der Waals surface area contributed by atoms with Gasteiger partial charge in [0, 0.05) is 12.4 Å². The highest BCUT2D eigenvalue weighted by Gasteiger charge is 2.30. The minimum absolute atomic E-state index is 0.0447. The van der Waals surface area contributed by atoms with E-state index in [1.165, 1.54) is 0 Å². The van der Waals surface area contributed by atoms with Gasteiger partial charge in [0.15, 0.2) is 0 Å². The van der Waals surface area contributed by atoms with Gasteiger partial charge in [0.05, 0.1) is 16.6 Å². The van der Waals surface area contributed by atoms with Gasteiger partial charge in [-0.25, -0.2) is 4.79 Å². The molecular weight excluding hydrogens is 284 g/mol. The van der Waals surface area contributed by atoms with Crippen molar-refractivity contribution in [3.05, 3.63) is 71.7 Å². The van der Waals surface area contributed by atoms with Crippen LogP contribution in [0, 0.1) is 0 Å². The Hall–Kier alpha value is -2.00. The Kier molecular flexibility index (Phi) is 3.60. The first-order valence-electron chi connectivity index (χ1n) is 6.98. The van der Waals surface area contributed by atoms with Crippen LogP contribution in [-0.2, 0) is 12.1 Å². The smallest absolute Gasteiger partial charge is 0.291 e. The lowest BCUT2D eigenvalue weighted by Crippen LogP contribution is -2.39. The van der Waals surface area contributed by atoms with E-state index in [9.17, 15) is 4.79 Å². The zero-order valence-corrected chi connectivity index (χ0v) is 12.5. The molecule has 4 heteroatoms. The zero-order chi connectivity index (χ0) is 14.9. The number of fused-ring (bicyclic) bond motifs is 1. The van der Waals surface area contributed by atoms with E-state index in [-0.39, 0.29) is 5.69 Å². The highest BCUT2D eigenvalue weighted by atomic mass is 35.5. The topological polar surface area (TPSA) is 26.9 Å². The Bertz CT molecular complexity index is 797. The van der Waals surface area contributed by atoms with Crippen LogP contribution in [0.15, 0.2) is 66.0 Å². The number of aromatic nitrogens is 2. The second-order valence-corrected chi connectivity index (χ2v) is 5.51. The first kappa shape index (κ1) is 14.0. The molecule has 0 saturated carbocycles. The number of imidazole rings is 1. The molecule has 0 N–H and O–H groups in total. The number of rotatable bonds is 4. The number of hydrogen-bond acceptors (Lipinski definition) is 1. The van der Waals surface area contributed by atoms with Gasteiger partial charge in [0.25, 0.3) is 0 Å². The third-order valence-corrected chi connectivity index (χ3v) is 4.16. The fourth-order valence-electron chi connectivity index (χ4n) is 2.95. The van der Waals surface area contributed by atoms with E-state index in [4.69, 9.17) is 11.6 Å². The fraction of sp³-hybridized carbons (Fsp3) is 0.235. The maximum Gasteiger partial charge on any atom is 0.330 e. The molecule has 1 aromatic heterocycles. The summed E-state index contributed by atoms with van der Waals surface area (Å²) in [6.45, 7) is 4.46. The van der Waals surface area contributed by atoms with Crippen LogP contribution in [0.25, 0.3) is 11.0 Å². The molecule has 1 aliphatic rings. The molecule has 108 valence electrons. The van der Waals surface area contributed by atoms with Crippen molar-refractivity contribution >= 4 is 22.6 Å². The SMILES string of the molecule is C=CC1(n2c(=O)n(CCCl)c3ccccc32)C=CC=CC1. The number of hydrogen-bond donors (Lipinski definition) is 0. The van der Waals surface area contributed by atoms with Crippen molar-refractivity contribution < 1.29 is 0 Å². The van der Waals surface area contributed by atoms with Crippen LogP contribution in [0.5, 0.6) is 0 Å². The lowest BCUT2D eigenvalue weighted by atomic mass is 9.91. The molecule has 0 aliphatic heterocycles. The summed E-state index contributed by atoms with van der Waals surface area (Å²) in [7, 11) is 0. The molecule has 0 radical (unpaired) electrons. The van der Waals surface area contributed by atoms with Crippen molar-refractivity contribution in [2.45, 2.75) is 18.5 Å². The fourth-order valence-corrected chi connectivity index (χ4v) is 3.11. The van der Waals surface area contributed by atoms with E-state index in [2.05, 4.69) is 12.7 Å². The van der Waals surface area contributed by atoms with Crippen LogP contribution in [0.1, 0.15) is 6.42 Å². The van der Waals surface area contributed by atoms with Crippen molar-refractivity contribution in [3.63, 3.8) is 0 Å². The summed E-state index contributed by atoms with van der Waals surface area (Å²) in [4.78, 5) is 12.9. The largest absolute Gasteiger partial charge is 0.330 e. The Morgan fingerprint density at radius 3 is 2.67 bits per heavy atom. The van der Waals surface area contributed by atoms with Gasteiger partial charge >= 0.3 is 5.69 Å². The molecule has 3 nitrogen and oxygen atoms in total. The molecule has 1 aromatic carbocycles. The predicted octanol–water partition coefficient (Wildman–Crippen LogP) is 3.44. The van der Waals surface area contributed by atoms with Gasteiger partial charge in [0.2, 0.25) is 0 Å². The molecule has 1 atom stereocenters. The highest BCUT2D eigenvalue weighted by Crippen LogP contribution is 2.30. The van der Waals surface area contributed by atoms with Crippen LogP contribution in [0.3, 0.4) is 0 Å². The third-order valence-electron chi connectivity index (χ3n) is 3.99. The van der Waals surface area contributed by atoms with Gasteiger partial charge in [-0.2, -0.15) is 0 Å². The van der Waals surface area contributed by atoms with E-state index in [0.29, 0.717) is 12.4 Å². The quantitative estimate of drug-likeness (QED) is 0.628. The summed E-state index contributed by atoms with van der Waals surface area (Å²) in [6, 6.07) is 7.81. The number of aryl methyl sites for hydroxylation is 1. The summed E-state index contributed by atoms with van der Waals surface area (Å²) in [5.74, 6) is 0.407. The predicted molar refractivity (Wildman–Crippen MR) is 88.0 cm³/mol. The van der Waals surface area contributed by atoms with E-state index in [1.807, 2.05) is 53.1 Å². The Morgan fingerprint density at radius 2 is 2.05 bits per heavy atom. The average Bonchev–Trinajstić information content (AvgIpc) is 2.81. The van der Waals surface area contributed by atoms with Crippen LogP contribution >= 0.6 is 11.6 Å². The van der Waals surface area contributed by atoms with E-state index < -0.39 is 5.54 Å². The molecule has 2 aromatic rings. The number of halogens is 1. The molecule has 21 heavy (non-hydrogen) atoms. The molecule has 0 amide bonds. The van der Waals surface area contributed by atoms with Crippen molar-refractivity contribution in [1.29, 1.82) is 0 Å². The lowest BCUT2D eigenvalue weighted by Gasteiger charge is -2.29. The molecule has 1 unspecified atom stereocenters. The zero-order valence-electron chi connectivity index (χ0n) is 11.7. The number of benzene rings is 1. The van der Waals surface area contributed by atoms with E-state index in [0.717, 1.165) is 17.5 Å². The third kappa shape index (κ3) is 2.09. The van der Waals surface area contributed by atoms with E-state index in [1.54, 1.807) is 4.57 Å².